The summed E-state index contributed by atoms with van der Waals surface area (Å²) in [5.41, 5.74) is 7.68. The van der Waals surface area contributed by atoms with Crippen LogP contribution in [0.3, 0.4) is 0 Å². The third kappa shape index (κ3) is 2.77. The third-order valence-electron chi connectivity index (χ3n) is 2.99. The Morgan fingerprint density at radius 2 is 1.75 bits per heavy atom. The molecule has 0 radical (unpaired) electrons. The second-order valence-electron chi connectivity index (χ2n) is 4.58. The lowest BCUT2D eigenvalue weighted by Crippen LogP contribution is -2.30. The molecule has 0 aliphatic rings. The Morgan fingerprint density at radius 3 is 2.30 bits per heavy atom. The quantitative estimate of drug-likeness (QED) is 0.881. The zero-order valence-corrected chi connectivity index (χ0v) is 12.4. The Hall–Kier alpha value is -2.01. The standard InChI is InChI=1S/C15H18N2O2S/c1-3-17(14-7-5-4-6-8-14)20(18,19)15-10-12(2)9-13(16)11-15/h4-11H,3,16H2,1-2H3. The maximum absolute atomic E-state index is 12.7. The minimum atomic E-state index is -3.60. The molecule has 0 aliphatic carbocycles. The van der Waals surface area contributed by atoms with E-state index in [9.17, 15) is 8.42 Å². The van der Waals surface area contributed by atoms with E-state index in [1.807, 2.05) is 32.0 Å². The fourth-order valence-corrected chi connectivity index (χ4v) is 3.75. The Balaban J connectivity index is 2.52. The lowest BCUT2D eigenvalue weighted by atomic mass is 10.2. The van der Waals surface area contributed by atoms with Crippen LogP contribution >= 0.6 is 0 Å². The summed E-state index contributed by atoms with van der Waals surface area (Å²) in [5, 5.41) is 0. The molecule has 2 aromatic carbocycles. The van der Waals surface area contributed by atoms with E-state index in [1.165, 1.54) is 10.4 Å². The summed E-state index contributed by atoms with van der Waals surface area (Å²) < 4.78 is 26.9. The zero-order chi connectivity index (χ0) is 14.8. The molecule has 4 nitrogen and oxygen atoms in total. The first-order chi connectivity index (χ1) is 9.45. The molecule has 0 amide bonds. The van der Waals surface area contributed by atoms with Crippen LogP contribution < -0.4 is 10.0 Å². The van der Waals surface area contributed by atoms with Gasteiger partial charge in [-0.15, -0.1) is 0 Å². The second-order valence-corrected chi connectivity index (χ2v) is 6.45. The first-order valence-corrected chi connectivity index (χ1v) is 7.84. The lowest BCUT2D eigenvalue weighted by molar-refractivity contribution is 0.592. The van der Waals surface area contributed by atoms with E-state index >= 15 is 0 Å². The van der Waals surface area contributed by atoms with Crippen LogP contribution in [-0.2, 0) is 10.0 Å². The molecular formula is C15H18N2O2S. The predicted molar refractivity (Wildman–Crippen MR) is 82.2 cm³/mol. The maximum Gasteiger partial charge on any atom is 0.264 e. The van der Waals surface area contributed by atoms with Crippen LogP contribution in [0.25, 0.3) is 0 Å². The molecule has 2 rings (SSSR count). The molecule has 0 aliphatic heterocycles. The van der Waals surface area contributed by atoms with Gasteiger partial charge in [-0.3, -0.25) is 4.31 Å². The minimum Gasteiger partial charge on any atom is -0.399 e. The molecule has 0 spiro atoms. The van der Waals surface area contributed by atoms with Crippen molar-refractivity contribution in [2.24, 2.45) is 0 Å². The van der Waals surface area contributed by atoms with Gasteiger partial charge in [0.1, 0.15) is 0 Å². The molecule has 0 saturated carbocycles. The van der Waals surface area contributed by atoms with Crippen molar-refractivity contribution in [3.05, 3.63) is 54.1 Å². The highest BCUT2D eigenvalue weighted by Crippen LogP contribution is 2.25. The van der Waals surface area contributed by atoms with Crippen LogP contribution in [0.1, 0.15) is 12.5 Å². The number of aryl methyl sites for hydroxylation is 1. The van der Waals surface area contributed by atoms with Crippen molar-refractivity contribution in [2.75, 3.05) is 16.6 Å². The van der Waals surface area contributed by atoms with Gasteiger partial charge in [0.25, 0.3) is 10.0 Å². The summed E-state index contributed by atoms with van der Waals surface area (Å²) in [4.78, 5) is 0.223. The molecule has 5 heteroatoms. The molecule has 0 aromatic heterocycles. The van der Waals surface area contributed by atoms with Crippen molar-refractivity contribution < 1.29 is 8.42 Å². The van der Waals surface area contributed by atoms with Crippen LogP contribution in [0.4, 0.5) is 11.4 Å². The molecule has 20 heavy (non-hydrogen) atoms. The number of hydrogen-bond donors (Lipinski definition) is 1. The number of sulfonamides is 1. The molecule has 0 atom stereocenters. The van der Waals surface area contributed by atoms with Gasteiger partial charge in [0.2, 0.25) is 0 Å². The van der Waals surface area contributed by atoms with Crippen molar-refractivity contribution in [3.8, 4) is 0 Å². The highest BCUT2D eigenvalue weighted by Gasteiger charge is 2.23. The smallest absolute Gasteiger partial charge is 0.264 e. The molecule has 0 unspecified atom stereocenters. The van der Waals surface area contributed by atoms with Crippen LogP contribution in [0.2, 0.25) is 0 Å². The Morgan fingerprint density at radius 1 is 1.10 bits per heavy atom. The number of nitrogen functional groups attached to an aromatic ring is 1. The van der Waals surface area contributed by atoms with E-state index in [1.54, 1.807) is 24.3 Å². The highest BCUT2D eigenvalue weighted by molar-refractivity contribution is 7.92. The second kappa shape index (κ2) is 5.54. The monoisotopic (exact) mass is 290 g/mol. The van der Waals surface area contributed by atoms with Crippen molar-refractivity contribution in [1.29, 1.82) is 0 Å². The average molecular weight is 290 g/mol. The van der Waals surface area contributed by atoms with E-state index in [0.29, 0.717) is 17.9 Å². The summed E-state index contributed by atoms with van der Waals surface area (Å²) in [6.45, 7) is 4.00. The number of hydrogen-bond acceptors (Lipinski definition) is 3. The minimum absolute atomic E-state index is 0.223. The van der Waals surface area contributed by atoms with Crippen LogP contribution in [0, 0.1) is 6.92 Å². The van der Waals surface area contributed by atoms with Crippen molar-refractivity contribution in [1.82, 2.24) is 0 Å². The number of nitrogens with zero attached hydrogens (tertiary/aromatic N) is 1. The van der Waals surface area contributed by atoms with Gasteiger partial charge in [-0.2, -0.15) is 0 Å². The Bertz CT molecular complexity index is 677. The van der Waals surface area contributed by atoms with Gasteiger partial charge in [-0.05, 0) is 49.7 Å². The normalized spacial score (nSPS) is 11.3. The number of nitrogens with two attached hydrogens (primary N) is 1. The first kappa shape index (κ1) is 14.4. The zero-order valence-electron chi connectivity index (χ0n) is 11.6. The van der Waals surface area contributed by atoms with Crippen LogP contribution in [0.5, 0.6) is 0 Å². The number of benzene rings is 2. The fraction of sp³-hybridized carbons (Fsp3) is 0.200. The van der Waals surface area contributed by atoms with E-state index in [2.05, 4.69) is 0 Å². The molecule has 0 heterocycles. The average Bonchev–Trinajstić information content (AvgIpc) is 2.39. The van der Waals surface area contributed by atoms with Crippen molar-refractivity contribution >= 4 is 21.4 Å². The van der Waals surface area contributed by atoms with Gasteiger partial charge < -0.3 is 5.73 Å². The fourth-order valence-electron chi connectivity index (χ4n) is 2.14. The summed E-state index contributed by atoms with van der Waals surface area (Å²) in [6, 6.07) is 13.9. The highest BCUT2D eigenvalue weighted by atomic mass is 32.2. The van der Waals surface area contributed by atoms with E-state index in [-0.39, 0.29) is 4.90 Å². The van der Waals surface area contributed by atoms with Crippen molar-refractivity contribution in [2.45, 2.75) is 18.7 Å². The molecule has 0 saturated heterocycles. The molecular weight excluding hydrogens is 272 g/mol. The molecule has 0 bridgehead atoms. The van der Waals surface area contributed by atoms with Crippen molar-refractivity contribution in [3.63, 3.8) is 0 Å². The topological polar surface area (TPSA) is 63.4 Å². The van der Waals surface area contributed by atoms with Gasteiger partial charge in [0.05, 0.1) is 10.6 Å². The Labute approximate surface area is 119 Å². The van der Waals surface area contributed by atoms with E-state index in [4.69, 9.17) is 5.73 Å². The van der Waals surface area contributed by atoms with Crippen LogP contribution in [0.15, 0.2) is 53.4 Å². The van der Waals surface area contributed by atoms with Gasteiger partial charge in [0, 0.05) is 12.2 Å². The molecule has 0 fully saturated rings. The largest absolute Gasteiger partial charge is 0.399 e. The van der Waals surface area contributed by atoms with Gasteiger partial charge in [-0.1, -0.05) is 18.2 Å². The number of rotatable bonds is 4. The SMILES string of the molecule is CCN(c1ccccc1)S(=O)(=O)c1cc(C)cc(N)c1. The summed E-state index contributed by atoms with van der Waals surface area (Å²) >= 11 is 0. The van der Waals surface area contributed by atoms with Crippen LogP contribution in [-0.4, -0.2) is 15.0 Å². The lowest BCUT2D eigenvalue weighted by Gasteiger charge is -2.23. The predicted octanol–water partition coefficient (Wildman–Crippen LogP) is 2.79. The van der Waals surface area contributed by atoms with Gasteiger partial charge in [-0.25, -0.2) is 8.42 Å². The van der Waals surface area contributed by atoms with Gasteiger partial charge in [0.15, 0.2) is 0 Å². The first-order valence-electron chi connectivity index (χ1n) is 6.40. The van der Waals surface area contributed by atoms with E-state index in [0.717, 1.165) is 5.56 Å². The third-order valence-corrected chi connectivity index (χ3v) is 4.87. The molecule has 106 valence electrons. The summed E-state index contributed by atoms with van der Waals surface area (Å²) in [7, 11) is -3.60. The molecule has 2 aromatic rings. The number of para-hydroxylation sites is 1. The summed E-state index contributed by atoms with van der Waals surface area (Å²) in [5.74, 6) is 0. The maximum atomic E-state index is 12.7. The van der Waals surface area contributed by atoms with Gasteiger partial charge >= 0.3 is 0 Å². The Kier molecular flexibility index (Phi) is 3.99. The van der Waals surface area contributed by atoms with E-state index < -0.39 is 10.0 Å². The number of anilines is 2. The molecule has 2 N–H and O–H groups in total. The summed E-state index contributed by atoms with van der Waals surface area (Å²) in [6.07, 6.45) is 0.